The highest BCUT2D eigenvalue weighted by molar-refractivity contribution is 5.91. The van der Waals surface area contributed by atoms with Crippen LogP contribution in [0, 0.1) is 6.92 Å². The number of hydroxylamine groups is 1. The Hall–Kier alpha value is -3.06. The molecule has 23 heavy (non-hydrogen) atoms. The second kappa shape index (κ2) is 6.37. The Morgan fingerprint density at radius 2 is 1.96 bits per heavy atom. The number of hydrogen-bond donors (Lipinski definition) is 2. The van der Waals surface area contributed by atoms with E-state index in [9.17, 15) is 4.79 Å². The van der Waals surface area contributed by atoms with Crippen molar-refractivity contribution in [3.8, 4) is 11.3 Å². The predicted molar refractivity (Wildman–Crippen MR) is 80.8 cm³/mol. The van der Waals surface area contributed by atoms with Gasteiger partial charge in [0.15, 0.2) is 11.5 Å². The Morgan fingerprint density at radius 3 is 2.61 bits per heavy atom. The van der Waals surface area contributed by atoms with Crippen molar-refractivity contribution in [3.05, 3.63) is 65.4 Å². The molecule has 0 spiro atoms. The van der Waals surface area contributed by atoms with Gasteiger partial charge in [0, 0.05) is 5.56 Å². The van der Waals surface area contributed by atoms with Crippen LogP contribution in [-0.4, -0.2) is 26.3 Å². The van der Waals surface area contributed by atoms with E-state index in [2.05, 4.69) is 15.2 Å². The normalized spacial score (nSPS) is 10.5. The highest BCUT2D eigenvalue weighted by atomic mass is 16.5. The summed E-state index contributed by atoms with van der Waals surface area (Å²) >= 11 is 0. The van der Waals surface area contributed by atoms with Crippen molar-refractivity contribution >= 4 is 5.91 Å². The van der Waals surface area contributed by atoms with Crippen molar-refractivity contribution in [2.75, 3.05) is 0 Å². The molecule has 1 aromatic carbocycles. The third-order valence-electron chi connectivity index (χ3n) is 3.28. The van der Waals surface area contributed by atoms with E-state index >= 15 is 0 Å². The van der Waals surface area contributed by atoms with Crippen LogP contribution in [0.3, 0.4) is 0 Å². The van der Waals surface area contributed by atoms with Crippen molar-refractivity contribution in [3.63, 3.8) is 0 Å². The fraction of sp³-hybridized carbons (Fsp3) is 0.125. The van der Waals surface area contributed by atoms with Gasteiger partial charge in [0.05, 0.1) is 18.3 Å². The largest absolute Gasteiger partial charge is 0.440 e. The maximum Gasteiger partial charge on any atom is 0.295 e. The number of hydrogen-bond acceptors (Lipinski definition) is 6. The van der Waals surface area contributed by atoms with Gasteiger partial charge in [-0.3, -0.25) is 10.0 Å². The summed E-state index contributed by atoms with van der Waals surface area (Å²) in [6.07, 6.45) is 2.03. The smallest absolute Gasteiger partial charge is 0.295 e. The van der Waals surface area contributed by atoms with Crippen LogP contribution in [0.15, 0.2) is 47.0 Å². The average Bonchev–Trinajstić information content (AvgIpc) is 3.04. The van der Waals surface area contributed by atoms with E-state index < -0.39 is 5.91 Å². The van der Waals surface area contributed by atoms with Crippen LogP contribution in [0.1, 0.15) is 27.6 Å². The first kappa shape index (κ1) is 14.9. The zero-order valence-corrected chi connectivity index (χ0v) is 12.4. The van der Waals surface area contributed by atoms with Crippen LogP contribution in [-0.2, 0) is 6.42 Å². The zero-order chi connectivity index (χ0) is 16.2. The molecule has 2 N–H and O–H groups in total. The Kier molecular flexibility index (Phi) is 4.11. The monoisotopic (exact) mass is 310 g/mol. The van der Waals surface area contributed by atoms with Gasteiger partial charge in [-0.05, 0) is 19.1 Å². The first-order valence-corrected chi connectivity index (χ1v) is 6.94. The number of benzene rings is 1. The van der Waals surface area contributed by atoms with Crippen LogP contribution >= 0.6 is 0 Å². The highest BCUT2D eigenvalue weighted by Crippen LogP contribution is 2.21. The molecule has 2 aromatic heterocycles. The maximum absolute atomic E-state index is 11.2. The van der Waals surface area contributed by atoms with Crippen molar-refractivity contribution in [2.45, 2.75) is 13.3 Å². The number of oxazole rings is 1. The minimum atomic E-state index is -0.707. The molecule has 0 bridgehead atoms. The highest BCUT2D eigenvalue weighted by Gasteiger charge is 2.10. The zero-order valence-electron chi connectivity index (χ0n) is 12.4. The molecule has 0 saturated heterocycles. The number of nitrogens with one attached hydrogen (secondary N) is 1. The molecule has 0 aliphatic heterocycles. The molecule has 2 heterocycles. The van der Waals surface area contributed by atoms with Crippen LogP contribution in [0.4, 0.5) is 0 Å². The minimum Gasteiger partial charge on any atom is -0.440 e. The van der Waals surface area contributed by atoms with Crippen LogP contribution in [0.5, 0.6) is 0 Å². The van der Waals surface area contributed by atoms with Gasteiger partial charge in [-0.2, -0.15) is 5.10 Å². The summed E-state index contributed by atoms with van der Waals surface area (Å²) in [6.45, 7) is 2.02. The number of aromatic nitrogens is 3. The van der Waals surface area contributed by atoms with Gasteiger partial charge < -0.3 is 4.42 Å². The van der Waals surface area contributed by atoms with E-state index in [1.165, 1.54) is 17.1 Å². The molecule has 0 radical (unpaired) electrons. The summed E-state index contributed by atoms with van der Waals surface area (Å²) < 4.78 is 5.71. The molecule has 0 aliphatic carbocycles. The lowest BCUT2D eigenvalue weighted by Gasteiger charge is -1.99. The molecule has 3 rings (SSSR count). The van der Waals surface area contributed by atoms with Crippen molar-refractivity contribution < 1.29 is 14.4 Å². The van der Waals surface area contributed by atoms with Gasteiger partial charge in [0.2, 0.25) is 5.89 Å². The molecule has 0 saturated carbocycles. The molecule has 0 atom stereocenters. The molecule has 0 aliphatic rings. The number of rotatable bonds is 4. The predicted octanol–water partition coefficient (Wildman–Crippen LogP) is 2.15. The van der Waals surface area contributed by atoms with Crippen molar-refractivity contribution in [1.29, 1.82) is 0 Å². The Labute approximate surface area is 132 Å². The van der Waals surface area contributed by atoms with E-state index in [0.29, 0.717) is 23.8 Å². The van der Waals surface area contributed by atoms with Crippen molar-refractivity contribution in [2.24, 2.45) is 0 Å². The molecule has 0 fully saturated rings. The van der Waals surface area contributed by atoms with Gasteiger partial charge in [-0.25, -0.2) is 10.5 Å². The van der Waals surface area contributed by atoms with E-state index in [0.717, 1.165) is 5.56 Å². The molecular formula is C16H14N4O3. The number of nitrogens with zero attached hydrogens (tertiary/aromatic N) is 3. The SMILES string of the molecule is Cc1ccc(-c2cnc(Cc3ccc(C(=O)NO)nn3)o2)cc1. The van der Waals surface area contributed by atoms with Crippen LogP contribution in [0.2, 0.25) is 0 Å². The molecule has 116 valence electrons. The standard InChI is InChI=1S/C16H14N4O3/c1-10-2-4-11(5-3-10)14-9-17-15(23-14)8-12-6-7-13(19-18-12)16(21)20-22/h2-7,9,22H,8H2,1H3,(H,20,21). The molecule has 0 unspecified atom stereocenters. The van der Waals surface area contributed by atoms with E-state index in [4.69, 9.17) is 9.62 Å². The molecule has 3 aromatic rings. The van der Waals surface area contributed by atoms with Gasteiger partial charge in [0.1, 0.15) is 0 Å². The van der Waals surface area contributed by atoms with E-state index in [1.54, 1.807) is 12.3 Å². The molecule has 7 nitrogen and oxygen atoms in total. The Balaban J connectivity index is 1.74. The summed E-state index contributed by atoms with van der Waals surface area (Å²) in [7, 11) is 0. The second-order valence-electron chi connectivity index (χ2n) is 5.01. The minimum absolute atomic E-state index is 0.0315. The summed E-state index contributed by atoms with van der Waals surface area (Å²) in [5.41, 5.74) is 4.27. The molecule has 7 heteroatoms. The second-order valence-corrected chi connectivity index (χ2v) is 5.01. The van der Waals surface area contributed by atoms with Gasteiger partial charge in [-0.1, -0.05) is 29.8 Å². The van der Waals surface area contributed by atoms with Crippen LogP contribution in [0.25, 0.3) is 11.3 Å². The summed E-state index contributed by atoms with van der Waals surface area (Å²) in [4.78, 5) is 15.4. The molecular weight excluding hydrogens is 296 g/mol. The topological polar surface area (TPSA) is 101 Å². The number of aryl methyl sites for hydroxylation is 1. The first-order valence-electron chi connectivity index (χ1n) is 6.94. The number of carbonyl (C=O) groups is 1. The third-order valence-corrected chi connectivity index (χ3v) is 3.28. The number of amides is 1. The average molecular weight is 310 g/mol. The number of carbonyl (C=O) groups excluding carboxylic acids is 1. The lowest BCUT2D eigenvalue weighted by atomic mass is 10.1. The van der Waals surface area contributed by atoms with Crippen molar-refractivity contribution in [1.82, 2.24) is 20.7 Å². The quantitative estimate of drug-likeness (QED) is 0.565. The first-order chi connectivity index (χ1) is 11.2. The summed E-state index contributed by atoms with van der Waals surface area (Å²) in [6, 6.07) is 11.1. The lowest BCUT2D eigenvalue weighted by Crippen LogP contribution is -2.20. The van der Waals surface area contributed by atoms with Crippen LogP contribution < -0.4 is 5.48 Å². The molecule has 1 amide bonds. The lowest BCUT2D eigenvalue weighted by molar-refractivity contribution is 0.0699. The van der Waals surface area contributed by atoms with E-state index in [-0.39, 0.29) is 5.69 Å². The maximum atomic E-state index is 11.2. The van der Waals surface area contributed by atoms with E-state index in [1.807, 2.05) is 31.2 Å². The Bertz CT molecular complexity index is 810. The fourth-order valence-corrected chi connectivity index (χ4v) is 2.03. The Morgan fingerprint density at radius 1 is 1.17 bits per heavy atom. The van der Waals surface area contributed by atoms with Gasteiger partial charge in [-0.15, -0.1) is 5.10 Å². The van der Waals surface area contributed by atoms with Gasteiger partial charge in [0.25, 0.3) is 5.91 Å². The summed E-state index contributed by atoms with van der Waals surface area (Å²) in [5.74, 6) is 0.486. The van der Waals surface area contributed by atoms with Gasteiger partial charge >= 0.3 is 0 Å². The fourth-order valence-electron chi connectivity index (χ4n) is 2.03. The third kappa shape index (κ3) is 3.41. The summed E-state index contributed by atoms with van der Waals surface area (Å²) in [5, 5.41) is 16.2.